The predicted octanol–water partition coefficient (Wildman–Crippen LogP) is 1.01. The van der Waals surface area contributed by atoms with Crippen molar-refractivity contribution in [2.75, 3.05) is 45.2 Å². The summed E-state index contributed by atoms with van der Waals surface area (Å²) in [6.07, 6.45) is 1.91. The summed E-state index contributed by atoms with van der Waals surface area (Å²) in [7, 11) is 1.68. The molecule has 9 nitrogen and oxygen atoms in total. The normalized spacial score (nSPS) is 15.4. The lowest BCUT2D eigenvalue weighted by Crippen LogP contribution is -2.42. The zero-order valence-electron chi connectivity index (χ0n) is 14.8. The van der Waals surface area contributed by atoms with E-state index in [-0.39, 0.29) is 11.4 Å². The number of anilines is 1. The summed E-state index contributed by atoms with van der Waals surface area (Å²) < 4.78 is 5.07. The molecule has 26 heavy (non-hydrogen) atoms. The SMILES string of the molecule is COCCN1CCC(CNC(=O)C(=O)Nc2cccc([N+](=O)[O-])c2)CC1. The van der Waals surface area contributed by atoms with Crippen molar-refractivity contribution in [2.24, 2.45) is 5.92 Å². The van der Waals surface area contributed by atoms with E-state index in [1.807, 2.05) is 0 Å². The number of rotatable bonds is 7. The molecule has 2 amide bonds. The number of carbonyl (C=O) groups excluding carboxylic acids is 2. The highest BCUT2D eigenvalue weighted by molar-refractivity contribution is 6.39. The van der Waals surface area contributed by atoms with Gasteiger partial charge in [0.1, 0.15) is 0 Å². The van der Waals surface area contributed by atoms with E-state index in [1.54, 1.807) is 7.11 Å². The number of nitro benzene ring substituents is 1. The molecule has 1 aliphatic heterocycles. The first-order valence-electron chi connectivity index (χ1n) is 8.54. The molecule has 0 atom stereocenters. The third kappa shape index (κ3) is 6.08. The molecule has 1 aromatic rings. The molecular weight excluding hydrogens is 340 g/mol. The number of nitrogens with zero attached hydrogens (tertiary/aromatic N) is 2. The maximum atomic E-state index is 11.9. The zero-order valence-corrected chi connectivity index (χ0v) is 14.8. The maximum absolute atomic E-state index is 11.9. The summed E-state index contributed by atoms with van der Waals surface area (Å²) >= 11 is 0. The van der Waals surface area contributed by atoms with Gasteiger partial charge in [-0.25, -0.2) is 0 Å². The van der Waals surface area contributed by atoms with Gasteiger partial charge in [-0.15, -0.1) is 0 Å². The van der Waals surface area contributed by atoms with E-state index in [9.17, 15) is 19.7 Å². The van der Waals surface area contributed by atoms with Crippen molar-refractivity contribution in [2.45, 2.75) is 12.8 Å². The van der Waals surface area contributed by atoms with Gasteiger partial charge in [0.2, 0.25) is 0 Å². The molecule has 0 bridgehead atoms. The van der Waals surface area contributed by atoms with Crippen molar-refractivity contribution in [1.82, 2.24) is 10.2 Å². The van der Waals surface area contributed by atoms with Crippen LogP contribution in [0.3, 0.4) is 0 Å². The first kappa shape index (κ1) is 19.8. The second-order valence-electron chi connectivity index (χ2n) is 6.25. The summed E-state index contributed by atoms with van der Waals surface area (Å²) in [4.78, 5) is 36.3. The van der Waals surface area contributed by atoms with E-state index >= 15 is 0 Å². The van der Waals surface area contributed by atoms with Crippen LogP contribution >= 0.6 is 0 Å². The molecule has 0 spiro atoms. The van der Waals surface area contributed by atoms with Crippen molar-refractivity contribution < 1.29 is 19.2 Å². The Morgan fingerprint density at radius 3 is 2.69 bits per heavy atom. The second-order valence-corrected chi connectivity index (χ2v) is 6.25. The maximum Gasteiger partial charge on any atom is 0.313 e. The smallest absolute Gasteiger partial charge is 0.313 e. The molecule has 9 heteroatoms. The van der Waals surface area contributed by atoms with Gasteiger partial charge in [-0.05, 0) is 37.9 Å². The Labute approximate surface area is 151 Å². The van der Waals surface area contributed by atoms with Crippen LogP contribution in [0.25, 0.3) is 0 Å². The van der Waals surface area contributed by atoms with Gasteiger partial charge in [0.25, 0.3) is 5.69 Å². The number of piperidine rings is 1. The Morgan fingerprint density at radius 1 is 1.31 bits per heavy atom. The van der Waals surface area contributed by atoms with Crippen molar-refractivity contribution in [1.29, 1.82) is 0 Å². The molecule has 1 aromatic carbocycles. The van der Waals surface area contributed by atoms with Gasteiger partial charge in [-0.3, -0.25) is 19.7 Å². The van der Waals surface area contributed by atoms with Crippen LogP contribution in [0.2, 0.25) is 0 Å². The largest absolute Gasteiger partial charge is 0.383 e. The minimum absolute atomic E-state index is 0.150. The lowest BCUT2D eigenvalue weighted by molar-refractivity contribution is -0.384. The number of hydrogen-bond donors (Lipinski definition) is 2. The number of nitro groups is 1. The average Bonchev–Trinajstić information content (AvgIpc) is 2.65. The second kappa shape index (κ2) is 9.83. The van der Waals surface area contributed by atoms with Crippen molar-refractivity contribution in [3.63, 3.8) is 0 Å². The summed E-state index contributed by atoms with van der Waals surface area (Å²) in [5, 5.41) is 15.8. The fourth-order valence-electron chi connectivity index (χ4n) is 2.84. The lowest BCUT2D eigenvalue weighted by Gasteiger charge is -2.31. The quantitative estimate of drug-likeness (QED) is 0.424. The van der Waals surface area contributed by atoms with Gasteiger partial charge in [-0.2, -0.15) is 0 Å². The van der Waals surface area contributed by atoms with Crippen LogP contribution in [-0.4, -0.2) is 61.5 Å². The molecular formula is C17H24N4O5. The van der Waals surface area contributed by atoms with Gasteiger partial charge >= 0.3 is 11.8 Å². The molecule has 1 heterocycles. The van der Waals surface area contributed by atoms with Gasteiger partial charge in [0, 0.05) is 38.0 Å². The summed E-state index contributed by atoms with van der Waals surface area (Å²) in [5.74, 6) is -1.23. The summed E-state index contributed by atoms with van der Waals surface area (Å²) in [6.45, 7) is 3.95. The standard InChI is InChI=1S/C17H24N4O5/c1-26-10-9-20-7-5-13(6-8-20)12-18-16(22)17(23)19-14-3-2-4-15(11-14)21(24)25/h2-4,11,13H,5-10,12H2,1H3,(H,18,22)(H,19,23). The molecule has 0 aliphatic carbocycles. The minimum atomic E-state index is -0.831. The van der Waals surface area contributed by atoms with E-state index in [2.05, 4.69) is 15.5 Å². The number of hydrogen-bond acceptors (Lipinski definition) is 6. The highest BCUT2D eigenvalue weighted by Gasteiger charge is 2.21. The number of methoxy groups -OCH3 is 1. The molecule has 2 rings (SSSR count). The van der Waals surface area contributed by atoms with Crippen LogP contribution in [0, 0.1) is 16.0 Å². The first-order chi connectivity index (χ1) is 12.5. The molecule has 0 radical (unpaired) electrons. The molecule has 142 valence electrons. The van der Waals surface area contributed by atoms with Crippen LogP contribution in [0.15, 0.2) is 24.3 Å². The van der Waals surface area contributed by atoms with Crippen LogP contribution < -0.4 is 10.6 Å². The minimum Gasteiger partial charge on any atom is -0.383 e. The van der Waals surface area contributed by atoms with Gasteiger partial charge in [0.05, 0.1) is 11.5 Å². The Hall–Kier alpha value is -2.52. The molecule has 1 fully saturated rings. The van der Waals surface area contributed by atoms with Crippen LogP contribution in [0.4, 0.5) is 11.4 Å². The third-order valence-electron chi connectivity index (χ3n) is 4.39. The number of benzene rings is 1. The number of amides is 2. The Bertz CT molecular complexity index is 644. The van der Waals surface area contributed by atoms with Gasteiger partial charge in [-0.1, -0.05) is 6.07 Å². The molecule has 1 aliphatic rings. The zero-order chi connectivity index (χ0) is 18.9. The van der Waals surface area contributed by atoms with Gasteiger partial charge in [0.15, 0.2) is 0 Å². The van der Waals surface area contributed by atoms with Crippen LogP contribution in [0.5, 0.6) is 0 Å². The number of nitrogens with one attached hydrogen (secondary N) is 2. The van der Waals surface area contributed by atoms with Crippen molar-refractivity contribution in [3.05, 3.63) is 34.4 Å². The fourth-order valence-corrected chi connectivity index (χ4v) is 2.84. The average molecular weight is 364 g/mol. The van der Waals surface area contributed by atoms with E-state index in [1.165, 1.54) is 24.3 Å². The van der Waals surface area contributed by atoms with Crippen molar-refractivity contribution in [3.8, 4) is 0 Å². The molecule has 0 unspecified atom stereocenters. The molecule has 0 aromatic heterocycles. The monoisotopic (exact) mass is 364 g/mol. The Kier molecular flexibility index (Phi) is 7.49. The Balaban J connectivity index is 1.73. The number of likely N-dealkylation sites (tertiary alicyclic amines) is 1. The third-order valence-corrected chi connectivity index (χ3v) is 4.39. The highest BCUT2D eigenvalue weighted by Crippen LogP contribution is 2.17. The van der Waals surface area contributed by atoms with Crippen LogP contribution in [0.1, 0.15) is 12.8 Å². The number of ether oxygens (including phenoxy) is 1. The topological polar surface area (TPSA) is 114 Å². The summed E-state index contributed by atoms with van der Waals surface area (Å²) in [6, 6.07) is 5.46. The highest BCUT2D eigenvalue weighted by atomic mass is 16.6. The van der Waals surface area contributed by atoms with Gasteiger partial charge < -0.3 is 20.3 Å². The first-order valence-corrected chi connectivity index (χ1v) is 8.54. The fraction of sp³-hybridized carbons (Fsp3) is 0.529. The number of non-ortho nitro benzene ring substituents is 1. The lowest BCUT2D eigenvalue weighted by atomic mass is 9.97. The number of carbonyl (C=O) groups is 2. The molecule has 0 saturated carbocycles. The predicted molar refractivity (Wildman–Crippen MR) is 95.8 cm³/mol. The van der Waals surface area contributed by atoms with Crippen molar-refractivity contribution >= 4 is 23.2 Å². The Morgan fingerprint density at radius 2 is 2.04 bits per heavy atom. The van der Waals surface area contributed by atoms with E-state index in [0.29, 0.717) is 19.1 Å². The van der Waals surface area contributed by atoms with E-state index < -0.39 is 16.7 Å². The summed E-state index contributed by atoms with van der Waals surface area (Å²) in [5.41, 5.74) is 0.0641. The van der Waals surface area contributed by atoms with E-state index in [0.717, 1.165) is 32.5 Å². The van der Waals surface area contributed by atoms with E-state index in [4.69, 9.17) is 4.74 Å². The van der Waals surface area contributed by atoms with Crippen LogP contribution in [-0.2, 0) is 14.3 Å². The molecule has 1 saturated heterocycles. The molecule has 2 N–H and O–H groups in total.